The fraction of sp³-hybridized carbons (Fsp3) is 0.533. The summed E-state index contributed by atoms with van der Waals surface area (Å²) in [6.45, 7) is 5.03. The topological polar surface area (TPSA) is 62.3 Å². The second-order valence-corrected chi connectivity index (χ2v) is 5.35. The van der Waals surface area contributed by atoms with E-state index < -0.39 is 0 Å². The van der Waals surface area contributed by atoms with Crippen molar-refractivity contribution in [2.75, 3.05) is 6.54 Å². The van der Waals surface area contributed by atoms with Crippen molar-refractivity contribution < 1.29 is 9.59 Å². The Labute approximate surface area is 119 Å². The van der Waals surface area contributed by atoms with E-state index in [1.807, 2.05) is 26.0 Å². The predicted octanol–water partition coefficient (Wildman–Crippen LogP) is 1.34. The third kappa shape index (κ3) is 3.56. The van der Waals surface area contributed by atoms with Crippen LogP contribution in [0.4, 0.5) is 0 Å². The maximum Gasteiger partial charge on any atom is 0.225 e. The Morgan fingerprint density at radius 3 is 3.05 bits per heavy atom. The number of aromatic nitrogens is 1. The number of nitrogens with one attached hydrogen (secondary N) is 1. The van der Waals surface area contributed by atoms with E-state index in [2.05, 4.69) is 10.3 Å². The normalized spacial score (nSPS) is 20.0. The fourth-order valence-corrected chi connectivity index (χ4v) is 2.28. The van der Waals surface area contributed by atoms with Crippen LogP contribution < -0.4 is 5.32 Å². The first kappa shape index (κ1) is 14.5. The van der Waals surface area contributed by atoms with Gasteiger partial charge in [-0.05, 0) is 25.0 Å². The molecule has 1 fully saturated rings. The molecule has 1 aliphatic heterocycles. The summed E-state index contributed by atoms with van der Waals surface area (Å²) >= 11 is 0. The van der Waals surface area contributed by atoms with E-state index in [4.69, 9.17) is 0 Å². The van der Waals surface area contributed by atoms with Crippen LogP contribution in [-0.2, 0) is 16.1 Å². The molecule has 1 saturated heterocycles. The number of hydrogen-bond donors (Lipinski definition) is 1. The van der Waals surface area contributed by atoms with Gasteiger partial charge in [-0.25, -0.2) is 0 Å². The van der Waals surface area contributed by atoms with E-state index in [1.165, 1.54) is 0 Å². The van der Waals surface area contributed by atoms with Crippen LogP contribution in [0.2, 0.25) is 0 Å². The molecule has 108 valence electrons. The molecule has 1 N–H and O–H groups in total. The number of carbonyl (C=O) groups excluding carboxylic acids is 2. The van der Waals surface area contributed by atoms with Crippen molar-refractivity contribution in [3.05, 3.63) is 30.1 Å². The van der Waals surface area contributed by atoms with Gasteiger partial charge in [0.2, 0.25) is 11.8 Å². The van der Waals surface area contributed by atoms with Gasteiger partial charge in [-0.15, -0.1) is 0 Å². The lowest BCUT2D eigenvalue weighted by Gasteiger charge is -2.17. The number of likely N-dealkylation sites (tertiary alicyclic amines) is 1. The molecule has 2 unspecified atom stereocenters. The quantitative estimate of drug-likeness (QED) is 0.882. The first-order valence-electron chi connectivity index (χ1n) is 7.07. The molecule has 0 radical (unpaired) electrons. The number of pyridine rings is 1. The van der Waals surface area contributed by atoms with Crippen LogP contribution in [-0.4, -0.2) is 34.3 Å². The standard InChI is InChI=1S/C15H21N3O2/c1-3-11(2)17-15(20)13-7-14(19)18(10-13)9-12-5-4-6-16-8-12/h4-6,8,11,13H,3,7,9-10H2,1-2H3,(H,17,20). The summed E-state index contributed by atoms with van der Waals surface area (Å²) in [6, 6.07) is 3.94. The van der Waals surface area contributed by atoms with Gasteiger partial charge in [-0.3, -0.25) is 14.6 Å². The zero-order valence-corrected chi connectivity index (χ0v) is 12.0. The Kier molecular flexibility index (Phi) is 4.71. The van der Waals surface area contributed by atoms with Gasteiger partial charge in [0.15, 0.2) is 0 Å². The number of nitrogens with zero attached hydrogens (tertiary/aromatic N) is 2. The SMILES string of the molecule is CCC(C)NC(=O)C1CC(=O)N(Cc2cccnc2)C1. The first-order valence-corrected chi connectivity index (χ1v) is 7.07. The maximum atomic E-state index is 12.1. The Balaban J connectivity index is 1.92. The molecule has 2 rings (SSSR count). The van der Waals surface area contributed by atoms with Crippen molar-refractivity contribution in [2.45, 2.75) is 39.3 Å². The Hall–Kier alpha value is -1.91. The van der Waals surface area contributed by atoms with Crippen molar-refractivity contribution in [1.29, 1.82) is 0 Å². The molecule has 2 amide bonds. The molecule has 0 aromatic carbocycles. The molecular weight excluding hydrogens is 254 g/mol. The summed E-state index contributed by atoms with van der Waals surface area (Å²) in [5, 5.41) is 2.95. The number of amides is 2. The third-order valence-electron chi connectivity index (χ3n) is 3.68. The summed E-state index contributed by atoms with van der Waals surface area (Å²) in [5.74, 6) is -0.201. The average molecular weight is 275 g/mol. The fourth-order valence-electron chi connectivity index (χ4n) is 2.28. The highest BCUT2D eigenvalue weighted by Crippen LogP contribution is 2.20. The van der Waals surface area contributed by atoms with Crippen LogP contribution in [0.25, 0.3) is 0 Å². The molecule has 0 aliphatic carbocycles. The van der Waals surface area contributed by atoms with Crippen LogP contribution in [0.1, 0.15) is 32.3 Å². The van der Waals surface area contributed by atoms with E-state index in [-0.39, 0.29) is 23.8 Å². The highest BCUT2D eigenvalue weighted by atomic mass is 16.2. The molecule has 5 heteroatoms. The average Bonchev–Trinajstić information content (AvgIpc) is 2.81. The summed E-state index contributed by atoms with van der Waals surface area (Å²) in [7, 11) is 0. The minimum absolute atomic E-state index is 0.0126. The minimum atomic E-state index is -0.229. The number of carbonyl (C=O) groups is 2. The van der Waals surface area contributed by atoms with Gasteiger partial charge in [-0.2, -0.15) is 0 Å². The largest absolute Gasteiger partial charge is 0.353 e. The van der Waals surface area contributed by atoms with Gasteiger partial charge in [0.25, 0.3) is 0 Å². The van der Waals surface area contributed by atoms with E-state index in [0.29, 0.717) is 19.5 Å². The van der Waals surface area contributed by atoms with Crippen LogP contribution in [0.5, 0.6) is 0 Å². The molecule has 0 bridgehead atoms. The Bertz CT molecular complexity index is 475. The monoisotopic (exact) mass is 275 g/mol. The van der Waals surface area contributed by atoms with Gasteiger partial charge < -0.3 is 10.2 Å². The highest BCUT2D eigenvalue weighted by Gasteiger charge is 2.34. The molecule has 2 atom stereocenters. The van der Waals surface area contributed by atoms with Gasteiger partial charge in [-0.1, -0.05) is 13.0 Å². The summed E-state index contributed by atoms with van der Waals surface area (Å²) < 4.78 is 0. The van der Waals surface area contributed by atoms with E-state index >= 15 is 0 Å². The zero-order valence-electron chi connectivity index (χ0n) is 12.0. The maximum absolute atomic E-state index is 12.1. The van der Waals surface area contributed by atoms with Gasteiger partial charge in [0, 0.05) is 37.9 Å². The van der Waals surface area contributed by atoms with Crippen LogP contribution in [0.15, 0.2) is 24.5 Å². The van der Waals surface area contributed by atoms with Crippen molar-refractivity contribution in [1.82, 2.24) is 15.2 Å². The molecular formula is C15H21N3O2. The second-order valence-electron chi connectivity index (χ2n) is 5.35. The van der Waals surface area contributed by atoms with Crippen LogP contribution in [0.3, 0.4) is 0 Å². The molecule has 2 heterocycles. The molecule has 1 aliphatic rings. The second kappa shape index (κ2) is 6.50. The molecule has 1 aromatic heterocycles. The lowest BCUT2D eigenvalue weighted by Crippen LogP contribution is -2.38. The summed E-state index contributed by atoms with van der Waals surface area (Å²) in [4.78, 5) is 29.8. The molecule has 0 saturated carbocycles. The lowest BCUT2D eigenvalue weighted by molar-refractivity contribution is -0.129. The first-order chi connectivity index (χ1) is 9.60. The van der Waals surface area contributed by atoms with Crippen molar-refractivity contribution in [2.24, 2.45) is 5.92 Å². The zero-order chi connectivity index (χ0) is 14.5. The smallest absolute Gasteiger partial charge is 0.225 e. The van der Waals surface area contributed by atoms with E-state index in [9.17, 15) is 9.59 Å². The van der Waals surface area contributed by atoms with Gasteiger partial charge in [0.1, 0.15) is 0 Å². The summed E-state index contributed by atoms with van der Waals surface area (Å²) in [5.41, 5.74) is 0.990. The molecule has 1 aromatic rings. The lowest BCUT2D eigenvalue weighted by atomic mass is 10.1. The third-order valence-corrected chi connectivity index (χ3v) is 3.68. The van der Waals surface area contributed by atoms with Crippen molar-refractivity contribution >= 4 is 11.8 Å². The minimum Gasteiger partial charge on any atom is -0.353 e. The predicted molar refractivity (Wildman–Crippen MR) is 75.7 cm³/mol. The van der Waals surface area contributed by atoms with Crippen LogP contribution in [0, 0.1) is 5.92 Å². The van der Waals surface area contributed by atoms with E-state index in [1.54, 1.807) is 17.3 Å². The molecule has 0 spiro atoms. The Morgan fingerprint density at radius 1 is 1.60 bits per heavy atom. The van der Waals surface area contributed by atoms with E-state index in [0.717, 1.165) is 12.0 Å². The number of hydrogen-bond acceptors (Lipinski definition) is 3. The van der Waals surface area contributed by atoms with Crippen molar-refractivity contribution in [3.8, 4) is 0 Å². The highest BCUT2D eigenvalue weighted by molar-refractivity contribution is 5.89. The molecule has 20 heavy (non-hydrogen) atoms. The number of rotatable bonds is 5. The van der Waals surface area contributed by atoms with Crippen molar-refractivity contribution in [3.63, 3.8) is 0 Å². The summed E-state index contributed by atoms with van der Waals surface area (Å²) in [6.07, 6.45) is 4.66. The van der Waals surface area contributed by atoms with Gasteiger partial charge >= 0.3 is 0 Å². The Morgan fingerprint density at radius 2 is 2.40 bits per heavy atom. The van der Waals surface area contributed by atoms with Gasteiger partial charge in [0.05, 0.1) is 5.92 Å². The van der Waals surface area contributed by atoms with Crippen LogP contribution >= 0.6 is 0 Å². The molecule has 5 nitrogen and oxygen atoms in total.